The monoisotopic (exact) mass is 533 g/mol. The van der Waals surface area contributed by atoms with E-state index in [0.717, 1.165) is 57.1 Å². The number of hydrogen-bond donors (Lipinski definition) is 1. The summed E-state index contributed by atoms with van der Waals surface area (Å²) in [7, 11) is 1.87. The molecular formula is C24H32IN5O. The third-order valence-corrected chi connectivity index (χ3v) is 5.65. The second-order valence-corrected chi connectivity index (χ2v) is 7.86. The Bertz CT molecular complexity index is 959. The zero-order chi connectivity index (χ0) is 20.6. The number of benzene rings is 2. The van der Waals surface area contributed by atoms with Gasteiger partial charge in [-0.25, -0.2) is 4.98 Å². The van der Waals surface area contributed by atoms with E-state index in [1.807, 2.05) is 25.5 Å². The summed E-state index contributed by atoms with van der Waals surface area (Å²) in [5.74, 6) is 1.56. The van der Waals surface area contributed by atoms with Gasteiger partial charge < -0.3 is 19.5 Å². The van der Waals surface area contributed by atoms with E-state index in [2.05, 4.69) is 67.2 Å². The molecule has 2 aromatic carbocycles. The smallest absolute Gasteiger partial charge is 0.193 e. The molecule has 0 bridgehead atoms. The molecule has 166 valence electrons. The molecule has 7 heteroatoms. The summed E-state index contributed by atoms with van der Waals surface area (Å²) in [6.07, 6.45) is 4.10. The minimum Gasteiger partial charge on any atom is -0.376 e. The van der Waals surface area contributed by atoms with Gasteiger partial charge in [-0.1, -0.05) is 42.5 Å². The van der Waals surface area contributed by atoms with Crippen molar-refractivity contribution in [3.63, 3.8) is 0 Å². The van der Waals surface area contributed by atoms with Crippen LogP contribution in [0.3, 0.4) is 0 Å². The fraction of sp³-hybridized carbons (Fsp3) is 0.417. The Morgan fingerprint density at radius 3 is 2.81 bits per heavy atom. The Balaban J connectivity index is 0.00000272. The van der Waals surface area contributed by atoms with Crippen LogP contribution in [0.25, 0.3) is 11.0 Å². The lowest BCUT2D eigenvalue weighted by Gasteiger charge is -2.22. The number of fused-ring (bicyclic) bond motifs is 1. The lowest BCUT2D eigenvalue weighted by molar-refractivity contribution is 0.0907. The van der Waals surface area contributed by atoms with Crippen LogP contribution in [-0.2, 0) is 17.9 Å². The first-order chi connectivity index (χ1) is 14.8. The van der Waals surface area contributed by atoms with Crippen LogP contribution in [0.5, 0.6) is 0 Å². The van der Waals surface area contributed by atoms with Gasteiger partial charge in [-0.15, -0.1) is 24.0 Å². The average molecular weight is 533 g/mol. The van der Waals surface area contributed by atoms with Crippen LogP contribution in [0, 0.1) is 5.92 Å². The van der Waals surface area contributed by atoms with Crippen molar-refractivity contribution in [3.8, 4) is 0 Å². The van der Waals surface area contributed by atoms with Crippen LogP contribution in [-0.4, -0.2) is 53.7 Å². The highest BCUT2D eigenvalue weighted by Crippen LogP contribution is 2.17. The molecule has 1 aliphatic heterocycles. The highest BCUT2D eigenvalue weighted by atomic mass is 127. The molecule has 3 aromatic rings. The maximum Gasteiger partial charge on any atom is 0.193 e. The Hall–Kier alpha value is -2.13. The predicted octanol–water partition coefficient (Wildman–Crippen LogP) is 4.16. The van der Waals surface area contributed by atoms with E-state index in [0.29, 0.717) is 12.5 Å². The van der Waals surface area contributed by atoms with E-state index >= 15 is 0 Å². The molecule has 1 N–H and O–H groups in total. The van der Waals surface area contributed by atoms with E-state index < -0.39 is 0 Å². The highest BCUT2D eigenvalue weighted by molar-refractivity contribution is 14.0. The molecule has 6 nitrogen and oxygen atoms in total. The van der Waals surface area contributed by atoms with Crippen LogP contribution in [0.4, 0.5) is 0 Å². The van der Waals surface area contributed by atoms with Gasteiger partial charge in [0.2, 0.25) is 0 Å². The van der Waals surface area contributed by atoms with Gasteiger partial charge >= 0.3 is 0 Å². The number of rotatable bonds is 8. The number of aryl methyl sites for hydroxylation is 1. The van der Waals surface area contributed by atoms with Crippen molar-refractivity contribution in [3.05, 3.63) is 66.5 Å². The maximum absolute atomic E-state index is 5.94. The molecule has 31 heavy (non-hydrogen) atoms. The number of likely N-dealkylation sites (tertiary alicyclic amines) is 1. The van der Waals surface area contributed by atoms with Gasteiger partial charge in [-0.05, 0) is 30.5 Å². The van der Waals surface area contributed by atoms with E-state index in [4.69, 9.17) is 4.74 Å². The number of nitrogens with zero attached hydrogens (tertiary/aromatic N) is 4. The van der Waals surface area contributed by atoms with Crippen molar-refractivity contribution in [1.82, 2.24) is 19.8 Å². The second kappa shape index (κ2) is 12.0. The number of guanidine groups is 1. The van der Waals surface area contributed by atoms with Crippen molar-refractivity contribution in [2.45, 2.75) is 26.0 Å². The van der Waals surface area contributed by atoms with Gasteiger partial charge in [0.25, 0.3) is 0 Å². The molecule has 2 heterocycles. The van der Waals surface area contributed by atoms with Crippen LogP contribution in [0.2, 0.25) is 0 Å². The molecule has 0 amide bonds. The topological polar surface area (TPSA) is 54.7 Å². The standard InChI is InChI=1S/C24H31N5O.HI/c1-25-24(26-13-7-14-29-19-27-22-10-5-6-11-23(22)29)28-15-12-21(16-28)18-30-17-20-8-3-2-4-9-20;/h2-6,8-11,19,21H,7,12-18H2,1H3,(H,25,26);1H. The third kappa shape index (κ3) is 6.43. The lowest BCUT2D eigenvalue weighted by atomic mass is 10.1. The molecule has 1 atom stereocenters. The fourth-order valence-corrected chi connectivity index (χ4v) is 4.05. The Morgan fingerprint density at radius 1 is 1.16 bits per heavy atom. The summed E-state index contributed by atoms with van der Waals surface area (Å²) < 4.78 is 8.16. The molecule has 0 spiro atoms. The lowest BCUT2D eigenvalue weighted by Crippen LogP contribution is -2.40. The van der Waals surface area contributed by atoms with Crippen molar-refractivity contribution in [2.24, 2.45) is 10.9 Å². The molecule has 1 saturated heterocycles. The van der Waals surface area contributed by atoms with Crippen molar-refractivity contribution in [1.29, 1.82) is 0 Å². The number of para-hydroxylation sites is 2. The minimum atomic E-state index is 0. The zero-order valence-corrected chi connectivity index (χ0v) is 20.4. The quantitative estimate of drug-likeness (QED) is 0.205. The normalized spacial score (nSPS) is 16.5. The molecule has 1 fully saturated rings. The van der Waals surface area contributed by atoms with Gasteiger partial charge in [-0.2, -0.15) is 0 Å². The first-order valence-electron chi connectivity index (χ1n) is 10.8. The predicted molar refractivity (Wildman–Crippen MR) is 137 cm³/mol. The number of imidazole rings is 1. The highest BCUT2D eigenvalue weighted by Gasteiger charge is 2.24. The number of aliphatic imine (C=N–C) groups is 1. The average Bonchev–Trinajstić information content (AvgIpc) is 3.42. The number of aromatic nitrogens is 2. The van der Waals surface area contributed by atoms with E-state index in [1.165, 1.54) is 11.1 Å². The first kappa shape index (κ1) is 23.5. The van der Waals surface area contributed by atoms with E-state index in [9.17, 15) is 0 Å². The molecule has 0 aliphatic carbocycles. The Kier molecular flexibility index (Phi) is 9.14. The number of ether oxygens (including phenoxy) is 1. The van der Waals surface area contributed by atoms with Crippen molar-refractivity contribution >= 4 is 41.0 Å². The molecule has 1 unspecified atom stereocenters. The van der Waals surface area contributed by atoms with Crippen LogP contribution < -0.4 is 5.32 Å². The molecule has 0 radical (unpaired) electrons. The third-order valence-electron chi connectivity index (χ3n) is 5.65. The summed E-state index contributed by atoms with van der Waals surface area (Å²) in [5.41, 5.74) is 3.48. The molecule has 0 saturated carbocycles. The largest absolute Gasteiger partial charge is 0.376 e. The molecule has 1 aromatic heterocycles. The maximum atomic E-state index is 5.94. The summed E-state index contributed by atoms with van der Waals surface area (Å²) in [5, 5.41) is 3.53. The van der Waals surface area contributed by atoms with E-state index in [-0.39, 0.29) is 24.0 Å². The molecule has 1 aliphatic rings. The van der Waals surface area contributed by atoms with Crippen LogP contribution >= 0.6 is 24.0 Å². The van der Waals surface area contributed by atoms with E-state index in [1.54, 1.807) is 0 Å². The summed E-state index contributed by atoms with van der Waals surface area (Å²) >= 11 is 0. The first-order valence-corrected chi connectivity index (χ1v) is 10.8. The second-order valence-electron chi connectivity index (χ2n) is 7.86. The van der Waals surface area contributed by atoms with Crippen molar-refractivity contribution in [2.75, 3.05) is 33.3 Å². The number of nitrogens with one attached hydrogen (secondary N) is 1. The SMILES string of the molecule is CN=C(NCCCn1cnc2ccccc21)N1CCC(COCc2ccccc2)C1.I. The zero-order valence-electron chi connectivity index (χ0n) is 18.1. The Morgan fingerprint density at radius 2 is 1.97 bits per heavy atom. The van der Waals surface area contributed by atoms with Gasteiger partial charge in [0.15, 0.2) is 5.96 Å². The van der Waals surface area contributed by atoms with Gasteiger partial charge in [-0.3, -0.25) is 4.99 Å². The Labute approximate surface area is 201 Å². The summed E-state index contributed by atoms with van der Waals surface area (Å²) in [4.78, 5) is 11.3. The van der Waals surface area contributed by atoms with Gasteiger partial charge in [0, 0.05) is 39.1 Å². The molecule has 4 rings (SSSR count). The minimum absolute atomic E-state index is 0. The van der Waals surface area contributed by atoms with Crippen LogP contribution in [0.15, 0.2) is 65.9 Å². The van der Waals surface area contributed by atoms with Crippen molar-refractivity contribution < 1.29 is 4.74 Å². The fourth-order valence-electron chi connectivity index (χ4n) is 4.05. The van der Waals surface area contributed by atoms with Crippen LogP contribution in [0.1, 0.15) is 18.4 Å². The van der Waals surface area contributed by atoms with Gasteiger partial charge in [0.05, 0.1) is 30.6 Å². The number of halogens is 1. The summed E-state index contributed by atoms with van der Waals surface area (Å²) in [6, 6.07) is 18.6. The molecular weight excluding hydrogens is 501 g/mol. The van der Waals surface area contributed by atoms with Gasteiger partial charge in [0.1, 0.15) is 0 Å². The summed E-state index contributed by atoms with van der Waals surface area (Å²) in [6.45, 7) is 5.36. The number of hydrogen-bond acceptors (Lipinski definition) is 3.